The van der Waals surface area contributed by atoms with E-state index in [1.165, 1.54) is 9.34 Å². The molecule has 14 heteroatoms. The van der Waals surface area contributed by atoms with Crippen molar-refractivity contribution in [2.75, 3.05) is 49.7 Å². The fourth-order valence-corrected chi connectivity index (χ4v) is 8.09. The van der Waals surface area contributed by atoms with Crippen molar-refractivity contribution in [3.05, 3.63) is 59.7 Å². The summed E-state index contributed by atoms with van der Waals surface area (Å²) in [7, 11) is -7.23. The van der Waals surface area contributed by atoms with Crippen molar-refractivity contribution in [2.45, 2.75) is 26.7 Å². The number of nitrogens with zero attached hydrogens (tertiary/aromatic N) is 2. The number of halogens is 4. The predicted octanol–water partition coefficient (Wildman–Crippen LogP) is 7.87. The van der Waals surface area contributed by atoms with Crippen LogP contribution in [0.2, 0.25) is 0 Å². The van der Waals surface area contributed by atoms with Crippen LogP contribution in [0.25, 0.3) is 11.1 Å². The van der Waals surface area contributed by atoms with Crippen LogP contribution in [-0.4, -0.2) is 59.0 Å². The molecular formula is C26H38Cl4N4O4P2. The molecule has 2 atom stereocenters. The molecule has 0 aliphatic rings. The van der Waals surface area contributed by atoms with Crippen molar-refractivity contribution < 1.29 is 18.2 Å². The lowest BCUT2D eigenvalue weighted by Crippen LogP contribution is -2.30. The van der Waals surface area contributed by atoms with Gasteiger partial charge in [-0.2, -0.15) is 0 Å². The third kappa shape index (κ3) is 10.2. The molecule has 0 saturated heterocycles. The molecule has 0 saturated carbocycles. The Kier molecular flexibility index (Phi) is 15.4. The summed E-state index contributed by atoms with van der Waals surface area (Å²) in [6.07, 6.45) is 1.56. The van der Waals surface area contributed by atoms with Gasteiger partial charge < -0.3 is 9.05 Å². The van der Waals surface area contributed by atoms with Crippen LogP contribution in [0, 0.1) is 0 Å². The lowest BCUT2D eigenvalue weighted by atomic mass is 9.91. The highest BCUT2D eigenvalue weighted by molar-refractivity contribution is 7.54. The first-order chi connectivity index (χ1) is 19.1. The maximum absolute atomic E-state index is 13.0. The molecule has 0 aliphatic carbocycles. The molecular weight excluding hydrogens is 636 g/mol. The van der Waals surface area contributed by atoms with Gasteiger partial charge in [0.25, 0.3) is 0 Å². The summed E-state index contributed by atoms with van der Waals surface area (Å²) in [4.78, 5) is 0. The SMILES string of the molecule is CC/C(=C(/CC)c1ccc(O[P@@](N)(=O)N(CCCl)CCCl)cc1)c1ccc(O[P@](N)(=O)N(CCCl)CCCl)cc1. The van der Waals surface area contributed by atoms with Crippen molar-refractivity contribution >= 4 is 72.9 Å². The maximum Gasteiger partial charge on any atom is 0.390 e. The van der Waals surface area contributed by atoms with E-state index < -0.39 is 15.3 Å². The van der Waals surface area contributed by atoms with Gasteiger partial charge in [0.05, 0.1) is 0 Å². The Morgan fingerprint density at radius 1 is 0.625 bits per heavy atom. The Labute approximate surface area is 258 Å². The van der Waals surface area contributed by atoms with Gasteiger partial charge in [0, 0.05) is 49.7 Å². The minimum atomic E-state index is -3.61. The molecule has 0 heterocycles. The van der Waals surface area contributed by atoms with Crippen molar-refractivity contribution in [1.82, 2.24) is 9.34 Å². The van der Waals surface area contributed by atoms with E-state index >= 15 is 0 Å². The molecule has 0 spiro atoms. The zero-order valence-corrected chi connectivity index (χ0v) is 27.6. The van der Waals surface area contributed by atoms with Gasteiger partial charge in [-0.1, -0.05) is 38.1 Å². The smallest absolute Gasteiger partial charge is 0.390 e. The number of rotatable bonds is 18. The largest absolute Gasteiger partial charge is 0.422 e. The maximum atomic E-state index is 13.0. The topological polar surface area (TPSA) is 111 Å². The summed E-state index contributed by atoms with van der Waals surface area (Å²) in [6.45, 7) is 5.38. The van der Waals surface area contributed by atoms with E-state index in [1.807, 2.05) is 24.3 Å². The normalized spacial score (nSPS) is 15.4. The summed E-state index contributed by atoms with van der Waals surface area (Å²) in [5.41, 5.74) is 16.3. The van der Waals surface area contributed by atoms with E-state index in [1.54, 1.807) is 24.3 Å². The molecule has 0 fully saturated rings. The van der Waals surface area contributed by atoms with Crippen LogP contribution in [0.4, 0.5) is 0 Å². The third-order valence-corrected chi connectivity index (χ3v) is 10.1. The van der Waals surface area contributed by atoms with Crippen molar-refractivity contribution in [2.24, 2.45) is 11.0 Å². The fraction of sp³-hybridized carbons (Fsp3) is 0.462. The van der Waals surface area contributed by atoms with E-state index in [0.717, 1.165) is 35.1 Å². The predicted molar refractivity (Wildman–Crippen MR) is 171 cm³/mol. The summed E-state index contributed by atoms with van der Waals surface area (Å²) in [5.74, 6) is 1.80. The monoisotopic (exact) mass is 672 g/mol. The molecule has 0 aliphatic heterocycles. The Morgan fingerprint density at radius 2 is 0.900 bits per heavy atom. The Morgan fingerprint density at radius 3 is 1.12 bits per heavy atom. The molecule has 40 heavy (non-hydrogen) atoms. The lowest BCUT2D eigenvalue weighted by Gasteiger charge is -2.27. The zero-order chi connectivity index (χ0) is 29.8. The van der Waals surface area contributed by atoms with Gasteiger partial charge in [-0.05, 0) is 59.4 Å². The minimum Gasteiger partial charge on any atom is -0.422 e. The zero-order valence-electron chi connectivity index (χ0n) is 22.8. The molecule has 224 valence electrons. The van der Waals surface area contributed by atoms with E-state index in [4.69, 9.17) is 66.5 Å². The second-order valence-corrected chi connectivity index (χ2v) is 14.0. The van der Waals surface area contributed by atoms with Crippen LogP contribution in [0.5, 0.6) is 11.5 Å². The number of allylic oxidation sites excluding steroid dienone is 2. The molecule has 4 N–H and O–H groups in total. The van der Waals surface area contributed by atoms with Gasteiger partial charge in [-0.3, -0.25) is 0 Å². The molecule has 8 nitrogen and oxygen atoms in total. The highest BCUT2D eigenvalue weighted by atomic mass is 35.5. The van der Waals surface area contributed by atoms with E-state index in [9.17, 15) is 9.13 Å². The Hall–Kier alpha value is -0.760. The molecule has 0 bridgehead atoms. The molecule has 2 aromatic rings. The number of hydrogen-bond donors (Lipinski definition) is 2. The van der Waals surface area contributed by atoms with Gasteiger partial charge in [0.15, 0.2) is 0 Å². The van der Waals surface area contributed by atoms with Crippen molar-refractivity contribution in [3.8, 4) is 11.5 Å². The number of hydrogen-bond acceptors (Lipinski definition) is 4. The second kappa shape index (κ2) is 17.4. The lowest BCUT2D eigenvalue weighted by molar-refractivity contribution is 0.372. The first-order valence-electron chi connectivity index (χ1n) is 12.9. The van der Waals surface area contributed by atoms with Crippen LogP contribution >= 0.6 is 61.7 Å². The number of benzene rings is 2. The first kappa shape index (κ1) is 35.4. The number of alkyl halides is 4. The van der Waals surface area contributed by atoms with Crippen LogP contribution in [0.15, 0.2) is 48.5 Å². The van der Waals surface area contributed by atoms with Gasteiger partial charge in [0.2, 0.25) is 0 Å². The summed E-state index contributed by atoms with van der Waals surface area (Å²) in [6, 6.07) is 14.7. The second-order valence-electron chi connectivity index (χ2n) is 8.69. The number of nitrogens with two attached hydrogens (primary N) is 2. The highest BCUT2D eigenvalue weighted by Gasteiger charge is 2.29. The summed E-state index contributed by atoms with van der Waals surface area (Å²) in [5, 5.41) is 0. The Bertz CT molecular complexity index is 1080. The first-order valence-corrected chi connectivity index (χ1v) is 18.3. The third-order valence-electron chi connectivity index (χ3n) is 6.11. The average Bonchev–Trinajstić information content (AvgIpc) is 2.92. The molecule has 0 aromatic heterocycles. The quantitative estimate of drug-likeness (QED) is 0.0935. The molecule has 0 amide bonds. The van der Waals surface area contributed by atoms with Crippen molar-refractivity contribution in [1.29, 1.82) is 0 Å². The van der Waals surface area contributed by atoms with Gasteiger partial charge >= 0.3 is 15.3 Å². The standard InChI is InChI=1S/C26H38Cl4N4O4P2/c1-3-25(21-5-9-23(10-6-21)37-39(31,35)33(17-13-27)18-14-28)26(4-2)22-7-11-24(12-8-22)38-40(32,36)34(19-15-29)20-16-30/h5-12H,3-4,13-20H2,1-2H3,(H2,31,35)(H2,32,36)/b26-25+/t39-,40+. The Balaban J connectivity index is 2.28. The average molecular weight is 674 g/mol. The molecule has 2 aromatic carbocycles. The summed E-state index contributed by atoms with van der Waals surface area (Å²) < 4.78 is 40.3. The van der Waals surface area contributed by atoms with Crippen LogP contribution in [-0.2, 0) is 9.13 Å². The molecule has 0 radical (unpaired) electrons. The highest BCUT2D eigenvalue weighted by Crippen LogP contribution is 2.45. The van der Waals surface area contributed by atoms with Crippen LogP contribution in [0.3, 0.4) is 0 Å². The van der Waals surface area contributed by atoms with Crippen molar-refractivity contribution in [3.63, 3.8) is 0 Å². The molecule has 2 rings (SSSR count). The van der Waals surface area contributed by atoms with E-state index in [2.05, 4.69) is 13.8 Å². The van der Waals surface area contributed by atoms with Gasteiger partial charge in [-0.25, -0.2) is 29.5 Å². The van der Waals surface area contributed by atoms with E-state index in [0.29, 0.717) is 37.7 Å². The van der Waals surface area contributed by atoms with Crippen LogP contribution in [0.1, 0.15) is 37.8 Å². The summed E-state index contributed by atoms with van der Waals surface area (Å²) >= 11 is 23.3. The van der Waals surface area contributed by atoms with Crippen LogP contribution < -0.4 is 20.1 Å². The van der Waals surface area contributed by atoms with E-state index in [-0.39, 0.29) is 23.5 Å². The van der Waals surface area contributed by atoms with Gasteiger partial charge in [-0.15, -0.1) is 46.4 Å². The fourth-order valence-electron chi connectivity index (χ4n) is 4.21. The molecule has 0 unspecified atom stereocenters. The minimum absolute atomic E-state index is 0.254. The van der Waals surface area contributed by atoms with Gasteiger partial charge in [0.1, 0.15) is 11.5 Å².